The lowest BCUT2D eigenvalue weighted by Crippen LogP contribution is -2.26. The van der Waals surface area contributed by atoms with Crippen molar-refractivity contribution in [1.82, 2.24) is 15.3 Å². The fourth-order valence-corrected chi connectivity index (χ4v) is 2.15. The number of fused-ring (bicyclic) bond motifs is 1. The number of methoxy groups -OCH3 is 1. The highest BCUT2D eigenvalue weighted by molar-refractivity contribution is 5.34. The Morgan fingerprint density at radius 2 is 2.20 bits per heavy atom. The molecule has 15 heavy (non-hydrogen) atoms. The van der Waals surface area contributed by atoms with Crippen LogP contribution < -0.4 is 10.1 Å². The smallest absolute Gasteiger partial charge is 0.316 e. The fraction of sp³-hybridized carbons (Fsp3) is 0.636. The predicted octanol–water partition coefficient (Wildman–Crippen LogP) is 1.01. The van der Waals surface area contributed by atoms with Crippen LogP contribution >= 0.6 is 0 Å². The molecule has 1 aromatic heterocycles. The molecule has 0 radical (unpaired) electrons. The summed E-state index contributed by atoms with van der Waals surface area (Å²) in [5, 5.41) is 3.33. The van der Waals surface area contributed by atoms with Gasteiger partial charge in [0.2, 0.25) is 0 Å². The summed E-state index contributed by atoms with van der Waals surface area (Å²) in [5.41, 5.74) is 3.76. The molecule has 80 valence electrons. The average Bonchev–Trinajstić information content (AvgIpc) is 3.11. The molecule has 0 saturated heterocycles. The minimum atomic E-state index is 0.527. The molecule has 0 spiro atoms. The summed E-state index contributed by atoms with van der Waals surface area (Å²) in [4.78, 5) is 8.91. The van der Waals surface area contributed by atoms with Gasteiger partial charge in [-0.25, -0.2) is 0 Å². The normalized spacial score (nSPS) is 19.8. The number of nitrogens with one attached hydrogen (secondary N) is 1. The monoisotopic (exact) mass is 205 g/mol. The van der Waals surface area contributed by atoms with Gasteiger partial charge in [-0.1, -0.05) is 0 Å². The zero-order valence-electron chi connectivity index (χ0n) is 8.92. The second-order valence-electron chi connectivity index (χ2n) is 4.22. The Labute approximate surface area is 89.1 Å². The number of rotatable bonds is 2. The molecular weight excluding hydrogens is 190 g/mol. The molecule has 0 bridgehead atoms. The molecule has 0 atom stereocenters. The maximum atomic E-state index is 5.15. The zero-order valence-corrected chi connectivity index (χ0v) is 8.92. The van der Waals surface area contributed by atoms with Crippen molar-refractivity contribution in [2.75, 3.05) is 13.7 Å². The van der Waals surface area contributed by atoms with E-state index in [1.54, 1.807) is 7.11 Å². The molecule has 1 aliphatic carbocycles. The Bertz CT molecular complexity index is 388. The summed E-state index contributed by atoms with van der Waals surface area (Å²) >= 11 is 0. The molecule has 1 saturated carbocycles. The summed E-state index contributed by atoms with van der Waals surface area (Å²) < 4.78 is 5.15. The Morgan fingerprint density at radius 3 is 2.93 bits per heavy atom. The second-order valence-corrected chi connectivity index (χ2v) is 4.22. The highest BCUT2D eigenvalue weighted by atomic mass is 16.5. The van der Waals surface area contributed by atoms with Gasteiger partial charge in [0, 0.05) is 12.5 Å². The third-order valence-electron chi connectivity index (χ3n) is 3.10. The first kappa shape index (κ1) is 9.09. The lowest BCUT2D eigenvalue weighted by Gasteiger charge is -2.19. The van der Waals surface area contributed by atoms with E-state index in [1.807, 2.05) is 0 Å². The first-order chi connectivity index (χ1) is 7.38. The van der Waals surface area contributed by atoms with Crippen LogP contribution in [0.3, 0.4) is 0 Å². The molecule has 1 aliphatic heterocycles. The average molecular weight is 205 g/mol. The van der Waals surface area contributed by atoms with Crippen molar-refractivity contribution in [2.45, 2.75) is 31.7 Å². The molecule has 3 rings (SSSR count). The van der Waals surface area contributed by atoms with Gasteiger partial charge in [-0.05, 0) is 31.4 Å². The molecule has 1 N–H and O–H groups in total. The van der Waals surface area contributed by atoms with Crippen molar-refractivity contribution >= 4 is 0 Å². The van der Waals surface area contributed by atoms with E-state index in [0.29, 0.717) is 11.9 Å². The molecule has 4 nitrogen and oxygen atoms in total. The highest BCUT2D eigenvalue weighted by Gasteiger charge is 2.30. The highest BCUT2D eigenvalue weighted by Crippen LogP contribution is 2.42. The Morgan fingerprint density at radius 1 is 1.33 bits per heavy atom. The van der Waals surface area contributed by atoms with Crippen LogP contribution in [0.25, 0.3) is 0 Å². The van der Waals surface area contributed by atoms with Gasteiger partial charge in [0.15, 0.2) is 0 Å². The molecular formula is C11H15N3O. The van der Waals surface area contributed by atoms with Gasteiger partial charge < -0.3 is 10.1 Å². The van der Waals surface area contributed by atoms with Gasteiger partial charge in [-0.15, -0.1) is 0 Å². The first-order valence-electron chi connectivity index (χ1n) is 5.53. The fourth-order valence-electron chi connectivity index (χ4n) is 2.15. The van der Waals surface area contributed by atoms with Crippen molar-refractivity contribution < 1.29 is 4.74 Å². The van der Waals surface area contributed by atoms with Crippen LogP contribution in [0.5, 0.6) is 6.01 Å². The summed E-state index contributed by atoms with van der Waals surface area (Å²) in [6, 6.07) is 0.527. The first-order valence-corrected chi connectivity index (χ1v) is 5.53. The summed E-state index contributed by atoms with van der Waals surface area (Å²) in [6.45, 7) is 1.90. The largest absolute Gasteiger partial charge is 0.467 e. The molecule has 2 heterocycles. The van der Waals surface area contributed by atoms with E-state index in [0.717, 1.165) is 25.2 Å². The van der Waals surface area contributed by atoms with Crippen LogP contribution in [0.15, 0.2) is 0 Å². The molecule has 4 heteroatoms. The lowest BCUT2D eigenvalue weighted by molar-refractivity contribution is 0.373. The zero-order chi connectivity index (χ0) is 10.3. The third kappa shape index (κ3) is 1.59. The van der Waals surface area contributed by atoms with Gasteiger partial charge in [-0.3, -0.25) is 0 Å². The quantitative estimate of drug-likeness (QED) is 0.782. The van der Waals surface area contributed by atoms with Gasteiger partial charge in [-0.2, -0.15) is 9.97 Å². The van der Waals surface area contributed by atoms with E-state index in [4.69, 9.17) is 4.74 Å². The standard InChI is InChI=1S/C11H15N3O/c1-15-11-13-9-6-12-5-4-8(9)10(14-11)7-2-3-7/h7,12H,2-6H2,1H3. The van der Waals surface area contributed by atoms with Crippen molar-refractivity contribution in [3.05, 3.63) is 17.0 Å². The van der Waals surface area contributed by atoms with Gasteiger partial charge in [0.25, 0.3) is 0 Å². The van der Waals surface area contributed by atoms with E-state index < -0.39 is 0 Å². The molecule has 2 aliphatic rings. The maximum absolute atomic E-state index is 5.15. The summed E-state index contributed by atoms with van der Waals surface area (Å²) in [6.07, 6.45) is 3.62. The third-order valence-corrected chi connectivity index (χ3v) is 3.10. The van der Waals surface area contributed by atoms with E-state index in [9.17, 15) is 0 Å². The minimum absolute atomic E-state index is 0.527. The van der Waals surface area contributed by atoms with E-state index in [-0.39, 0.29) is 0 Å². The Kier molecular flexibility index (Phi) is 2.09. The molecule has 1 aromatic rings. The molecule has 1 fully saturated rings. The SMILES string of the molecule is COc1nc2c(c(C3CC3)n1)CCNC2. The van der Waals surface area contributed by atoms with Crippen molar-refractivity contribution in [3.8, 4) is 6.01 Å². The van der Waals surface area contributed by atoms with Crippen LogP contribution in [0.1, 0.15) is 35.7 Å². The molecule has 0 unspecified atom stereocenters. The molecule has 0 amide bonds. The lowest BCUT2D eigenvalue weighted by atomic mass is 10.0. The van der Waals surface area contributed by atoms with Crippen molar-refractivity contribution in [1.29, 1.82) is 0 Å². The van der Waals surface area contributed by atoms with Crippen LogP contribution in [-0.2, 0) is 13.0 Å². The number of aromatic nitrogens is 2. The maximum Gasteiger partial charge on any atom is 0.316 e. The van der Waals surface area contributed by atoms with Crippen LogP contribution in [0.2, 0.25) is 0 Å². The van der Waals surface area contributed by atoms with Crippen LogP contribution in [0, 0.1) is 0 Å². The van der Waals surface area contributed by atoms with Crippen molar-refractivity contribution in [3.63, 3.8) is 0 Å². The van der Waals surface area contributed by atoms with Crippen LogP contribution in [-0.4, -0.2) is 23.6 Å². The van der Waals surface area contributed by atoms with E-state index >= 15 is 0 Å². The predicted molar refractivity (Wildman–Crippen MR) is 56.0 cm³/mol. The summed E-state index contributed by atoms with van der Waals surface area (Å²) in [7, 11) is 1.63. The molecule has 0 aromatic carbocycles. The number of hydrogen-bond acceptors (Lipinski definition) is 4. The van der Waals surface area contributed by atoms with Crippen LogP contribution in [0.4, 0.5) is 0 Å². The second kappa shape index (κ2) is 3.45. The number of ether oxygens (including phenoxy) is 1. The van der Waals surface area contributed by atoms with E-state index in [1.165, 1.54) is 24.1 Å². The Hall–Kier alpha value is -1.16. The van der Waals surface area contributed by atoms with Gasteiger partial charge >= 0.3 is 6.01 Å². The topological polar surface area (TPSA) is 47.0 Å². The number of nitrogens with zero attached hydrogens (tertiary/aromatic N) is 2. The summed E-state index contributed by atoms with van der Waals surface area (Å²) in [5.74, 6) is 0.675. The van der Waals surface area contributed by atoms with Crippen molar-refractivity contribution in [2.24, 2.45) is 0 Å². The minimum Gasteiger partial charge on any atom is -0.467 e. The number of hydrogen-bond donors (Lipinski definition) is 1. The Balaban J connectivity index is 2.09. The van der Waals surface area contributed by atoms with E-state index in [2.05, 4.69) is 15.3 Å². The van der Waals surface area contributed by atoms with Gasteiger partial charge in [0.1, 0.15) is 0 Å². The van der Waals surface area contributed by atoms with Gasteiger partial charge in [0.05, 0.1) is 18.5 Å².